The highest BCUT2D eigenvalue weighted by atomic mass is 32.2. The lowest BCUT2D eigenvalue weighted by Crippen LogP contribution is -2.04. The lowest BCUT2D eigenvalue weighted by molar-refractivity contribution is 0.683. The fourth-order valence-electron chi connectivity index (χ4n) is 1.25. The van der Waals surface area contributed by atoms with Crippen LogP contribution in [-0.2, 0) is 17.3 Å². The molecule has 0 aliphatic carbocycles. The second-order valence-corrected chi connectivity index (χ2v) is 4.66. The molecule has 0 radical (unpaired) electrons. The number of hydrogen-bond donors (Lipinski definition) is 1. The Morgan fingerprint density at radius 2 is 2.15 bits per heavy atom. The summed E-state index contributed by atoms with van der Waals surface area (Å²) in [5.41, 5.74) is 7.74. The SMILES string of the molecule is CCS(=O)c1ccc(C)cc1CN. The molecule has 72 valence electrons. The van der Waals surface area contributed by atoms with Crippen molar-refractivity contribution in [3.63, 3.8) is 0 Å². The van der Waals surface area contributed by atoms with E-state index in [1.54, 1.807) is 0 Å². The van der Waals surface area contributed by atoms with Crippen molar-refractivity contribution in [2.75, 3.05) is 5.75 Å². The second kappa shape index (κ2) is 4.53. The van der Waals surface area contributed by atoms with E-state index in [0.29, 0.717) is 12.3 Å². The van der Waals surface area contributed by atoms with Gasteiger partial charge in [-0.2, -0.15) is 0 Å². The first kappa shape index (κ1) is 10.4. The van der Waals surface area contributed by atoms with Gasteiger partial charge in [0, 0.05) is 17.2 Å². The van der Waals surface area contributed by atoms with Gasteiger partial charge in [0.05, 0.1) is 10.8 Å². The Morgan fingerprint density at radius 3 is 2.69 bits per heavy atom. The summed E-state index contributed by atoms with van der Waals surface area (Å²) >= 11 is 0. The third-order valence-electron chi connectivity index (χ3n) is 1.94. The van der Waals surface area contributed by atoms with Gasteiger partial charge in [0.15, 0.2) is 0 Å². The van der Waals surface area contributed by atoms with Crippen molar-refractivity contribution >= 4 is 10.8 Å². The molecule has 0 bridgehead atoms. The molecule has 2 N–H and O–H groups in total. The number of rotatable bonds is 3. The van der Waals surface area contributed by atoms with Gasteiger partial charge >= 0.3 is 0 Å². The van der Waals surface area contributed by atoms with Crippen molar-refractivity contribution < 1.29 is 4.21 Å². The van der Waals surface area contributed by atoms with E-state index in [2.05, 4.69) is 0 Å². The molecule has 0 aliphatic heterocycles. The Balaban J connectivity index is 3.13. The molecule has 0 saturated carbocycles. The molecule has 0 heterocycles. The number of nitrogens with two attached hydrogens (primary N) is 1. The first-order valence-corrected chi connectivity index (χ1v) is 5.69. The molecule has 1 rings (SSSR count). The van der Waals surface area contributed by atoms with E-state index in [0.717, 1.165) is 16.0 Å². The maximum Gasteiger partial charge on any atom is 0.0530 e. The van der Waals surface area contributed by atoms with Crippen LogP contribution in [0.4, 0.5) is 0 Å². The molecule has 0 spiro atoms. The summed E-state index contributed by atoms with van der Waals surface area (Å²) in [5.74, 6) is 0.649. The van der Waals surface area contributed by atoms with Gasteiger partial charge in [0.1, 0.15) is 0 Å². The summed E-state index contributed by atoms with van der Waals surface area (Å²) < 4.78 is 11.6. The van der Waals surface area contributed by atoms with Crippen LogP contribution in [0.25, 0.3) is 0 Å². The van der Waals surface area contributed by atoms with Crippen LogP contribution < -0.4 is 5.73 Å². The second-order valence-electron chi connectivity index (χ2n) is 2.95. The van der Waals surface area contributed by atoms with E-state index < -0.39 is 10.8 Å². The molecule has 1 aromatic rings. The maximum absolute atomic E-state index is 11.6. The Kier molecular flexibility index (Phi) is 3.63. The molecule has 1 aromatic carbocycles. The van der Waals surface area contributed by atoms with Crippen LogP contribution in [0.5, 0.6) is 0 Å². The number of hydrogen-bond acceptors (Lipinski definition) is 2. The van der Waals surface area contributed by atoms with Crippen molar-refractivity contribution in [2.24, 2.45) is 5.73 Å². The molecule has 0 aromatic heterocycles. The van der Waals surface area contributed by atoms with Gasteiger partial charge in [-0.25, -0.2) is 0 Å². The quantitative estimate of drug-likeness (QED) is 0.799. The molecule has 0 aliphatic rings. The Hall–Kier alpha value is -0.670. The molecule has 0 saturated heterocycles. The summed E-state index contributed by atoms with van der Waals surface area (Å²) in [6.45, 7) is 4.39. The van der Waals surface area contributed by atoms with Gasteiger partial charge in [-0.15, -0.1) is 0 Å². The third-order valence-corrected chi connectivity index (χ3v) is 3.36. The van der Waals surface area contributed by atoms with E-state index in [9.17, 15) is 4.21 Å². The molecule has 2 nitrogen and oxygen atoms in total. The highest BCUT2D eigenvalue weighted by Crippen LogP contribution is 2.15. The van der Waals surface area contributed by atoms with E-state index >= 15 is 0 Å². The summed E-state index contributed by atoms with van der Waals surface area (Å²) in [5, 5.41) is 0. The first-order chi connectivity index (χ1) is 6.19. The average Bonchev–Trinajstić information content (AvgIpc) is 2.16. The van der Waals surface area contributed by atoms with Gasteiger partial charge in [-0.3, -0.25) is 4.21 Å². The Morgan fingerprint density at radius 1 is 1.46 bits per heavy atom. The molecular formula is C10H15NOS. The van der Waals surface area contributed by atoms with Crippen molar-refractivity contribution in [3.05, 3.63) is 29.3 Å². The summed E-state index contributed by atoms with van der Waals surface area (Å²) in [4.78, 5) is 0.885. The predicted octanol–water partition coefficient (Wildman–Crippen LogP) is 1.58. The highest BCUT2D eigenvalue weighted by molar-refractivity contribution is 7.85. The van der Waals surface area contributed by atoms with E-state index in [4.69, 9.17) is 5.73 Å². The van der Waals surface area contributed by atoms with E-state index in [1.165, 1.54) is 0 Å². The largest absolute Gasteiger partial charge is 0.326 e. The minimum atomic E-state index is -0.890. The van der Waals surface area contributed by atoms with Gasteiger partial charge < -0.3 is 5.73 Å². The first-order valence-electron chi connectivity index (χ1n) is 4.37. The number of aryl methyl sites for hydroxylation is 1. The van der Waals surface area contributed by atoms with Crippen molar-refractivity contribution in [1.29, 1.82) is 0 Å². The van der Waals surface area contributed by atoms with Gasteiger partial charge in [0.25, 0.3) is 0 Å². The van der Waals surface area contributed by atoms with Crippen molar-refractivity contribution in [2.45, 2.75) is 25.3 Å². The lowest BCUT2D eigenvalue weighted by Gasteiger charge is -2.06. The molecule has 0 fully saturated rings. The molecule has 0 amide bonds. The fourth-order valence-corrected chi connectivity index (χ4v) is 2.21. The van der Waals surface area contributed by atoms with E-state index in [1.807, 2.05) is 32.0 Å². The molecule has 13 heavy (non-hydrogen) atoms. The lowest BCUT2D eigenvalue weighted by atomic mass is 10.1. The van der Waals surface area contributed by atoms with Gasteiger partial charge in [-0.1, -0.05) is 24.6 Å². The van der Waals surface area contributed by atoms with Crippen LogP contribution in [-0.4, -0.2) is 9.96 Å². The standard InChI is InChI=1S/C10H15NOS/c1-3-13(12)10-5-4-8(2)6-9(10)7-11/h4-6H,3,7,11H2,1-2H3. The van der Waals surface area contributed by atoms with Crippen LogP contribution in [0.1, 0.15) is 18.1 Å². The van der Waals surface area contributed by atoms with Crippen LogP contribution in [0.15, 0.2) is 23.1 Å². The fraction of sp³-hybridized carbons (Fsp3) is 0.400. The van der Waals surface area contributed by atoms with Crippen LogP contribution in [0.3, 0.4) is 0 Å². The molecular weight excluding hydrogens is 182 g/mol. The zero-order valence-electron chi connectivity index (χ0n) is 8.04. The minimum absolute atomic E-state index is 0.461. The van der Waals surface area contributed by atoms with Crippen LogP contribution >= 0.6 is 0 Å². The summed E-state index contributed by atoms with van der Waals surface area (Å²) in [6.07, 6.45) is 0. The molecule has 1 atom stereocenters. The third kappa shape index (κ3) is 2.39. The smallest absolute Gasteiger partial charge is 0.0530 e. The van der Waals surface area contributed by atoms with E-state index in [-0.39, 0.29) is 0 Å². The number of benzene rings is 1. The zero-order chi connectivity index (χ0) is 9.84. The summed E-state index contributed by atoms with van der Waals surface area (Å²) in [6, 6.07) is 5.89. The minimum Gasteiger partial charge on any atom is -0.326 e. The maximum atomic E-state index is 11.6. The van der Waals surface area contributed by atoms with Crippen molar-refractivity contribution in [3.8, 4) is 0 Å². The molecule has 3 heteroatoms. The van der Waals surface area contributed by atoms with Crippen LogP contribution in [0.2, 0.25) is 0 Å². The van der Waals surface area contributed by atoms with Crippen LogP contribution in [0, 0.1) is 6.92 Å². The normalized spacial score (nSPS) is 12.8. The summed E-state index contributed by atoms with van der Waals surface area (Å²) in [7, 11) is -0.890. The monoisotopic (exact) mass is 197 g/mol. The topological polar surface area (TPSA) is 43.1 Å². The predicted molar refractivity (Wildman–Crippen MR) is 56.0 cm³/mol. The molecule has 1 unspecified atom stereocenters. The Bertz CT molecular complexity index is 323. The van der Waals surface area contributed by atoms with Gasteiger partial charge in [-0.05, 0) is 18.6 Å². The Labute approximate surface area is 81.6 Å². The van der Waals surface area contributed by atoms with Gasteiger partial charge in [0.2, 0.25) is 0 Å². The average molecular weight is 197 g/mol. The zero-order valence-corrected chi connectivity index (χ0v) is 8.86. The van der Waals surface area contributed by atoms with Crippen molar-refractivity contribution in [1.82, 2.24) is 0 Å². The highest BCUT2D eigenvalue weighted by Gasteiger charge is 2.06.